The maximum atomic E-state index is 2.37. The number of rotatable bonds is 1. The molecule has 0 fully saturated rings. The first-order valence-electron chi connectivity index (χ1n) is 11.4. The highest BCUT2D eigenvalue weighted by Gasteiger charge is 2.31. The van der Waals surface area contributed by atoms with Crippen LogP contribution < -0.4 is 4.57 Å². The summed E-state index contributed by atoms with van der Waals surface area (Å²) in [5.74, 6) is 0. The second-order valence-corrected chi connectivity index (χ2v) is 9.36. The molecule has 152 valence electrons. The summed E-state index contributed by atoms with van der Waals surface area (Å²) in [6, 6.07) is 22.6. The Morgan fingerprint density at radius 2 is 1.10 bits per heavy atom. The summed E-state index contributed by atoms with van der Waals surface area (Å²) in [6.07, 6.45) is 6.41. The van der Waals surface area contributed by atoms with Gasteiger partial charge in [-0.3, -0.25) is 0 Å². The van der Waals surface area contributed by atoms with E-state index in [0.29, 0.717) is 0 Å². The fourth-order valence-electron chi connectivity index (χ4n) is 5.82. The van der Waals surface area contributed by atoms with Crippen LogP contribution in [0.2, 0.25) is 0 Å². The minimum Gasteiger partial charge on any atom is -0.201 e. The first-order chi connectivity index (χ1) is 15.1. The summed E-state index contributed by atoms with van der Waals surface area (Å²) in [6.45, 7) is 4.57. The molecule has 0 atom stereocenters. The summed E-state index contributed by atoms with van der Waals surface area (Å²) in [7, 11) is 2.19. The van der Waals surface area contributed by atoms with Gasteiger partial charge in [0.1, 0.15) is 7.05 Å². The molecule has 0 bridgehead atoms. The van der Waals surface area contributed by atoms with Gasteiger partial charge in [-0.25, -0.2) is 4.57 Å². The SMILES string of the molecule is Cc1cc[n+](C)c(-c2c(C)c3c(c4c2Cc2ccccc2C4)Cc2ccccc2C3)c1. The van der Waals surface area contributed by atoms with Crippen LogP contribution in [0.25, 0.3) is 11.3 Å². The zero-order chi connectivity index (χ0) is 21.1. The molecule has 1 heterocycles. The van der Waals surface area contributed by atoms with E-state index in [1.165, 1.54) is 44.6 Å². The van der Waals surface area contributed by atoms with E-state index in [4.69, 9.17) is 0 Å². The second kappa shape index (κ2) is 6.92. The van der Waals surface area contributed by atoms with Crippen molar-refractivity contribution in [3.63, 3.8) is 0 Å². The number of hydrogen-bond donors (Lipinski definition) is 0. The smallest absolute Gasteiger partial charge is 0.201 e. The van der Waals surface area contributed by atoms with Crippen LogP contribution in [-0.4, -0.2) is 0 Å². The highest BCUT2D eigenvalue weighted by Crippen LogP contribution is 2.43. The van der Waals surface area contributed by atoms with Crippen molar-refractivity contribution in [2.75, 3.05) is 0 Å². The molecule has 31 heavy (non-hydrogen) atoms. The number of benzene rings is 3. The molecule has 0 amide bonds. The molecule has 6 rings (SSSR count). The Morgan fingerprint density at radius 1 is 0.613 bits per heavy atom. The molecule has 0 aliphatic heterocycles. The van der Waals surface area contributed by atoms with E-state index in [-0.39, 0.29) is 0 Å². The van der Waals surface area contributed by atoms with Gasteiger partial charge in [-0.05, 0) is 95.2 Å². The van der Waals surface area contributed by atoms with E-state index >= 15 is 0 Å². The van der Waals surface area contributed by atoms with Crippen molar-refractivity contribution in [1.82, 2.24) is 0 Å². The number of aromatic nitrogens is 1. The molecule has 0 radical (unpaired) electrons. The topological polar surface area (TPSA) is 3.88 Å². The van der Waals surface area contributed by atoms with Gasteiger partial charge in [0, 0.05) is 12.1 Å². The van der Waals surface area contributed by atoms with Gasteiger partial charge in [-0.2, -0.15) is 0 Å². The van der Waals surface area contributed by atoms with Crippen LogP contribution in [0.4, 0.5) is 0 Å². The molecular weight excluding hydrogens is 374 g/mol. The van der Waals surface area contributed by atoms with Gasteiger partial charge >= 0.3 is 0 Å². The number of nitrogens with zero attached hydrogens (tertiary/aromatic N) is 1. The monoisotopic (exact) mass is 402 g/mol. The van der Waals surface area contributed by atoms with Crippen molar-refractivity contribution < 1.29 is 4.57 Å². The molecule has 1 heteroatoms. The largest absolute Gasteiger partial charge is 0.213 e. The summed E-state index contributed by atoms with van der Waals surface area (Å²) in [5, 5.41) is 0. The predicted octanol–water partition coefficient (Wildman–Crippen LogP) is 5.78. The Hall–Kier alpha value is -3.19. The number of aryl methyl sites for hydroxylation is 2. The van der Waals surface area contributed by atoms with E-state index in [1.54, 1.807) is 22.3 Å². The Balaban J connectivity index is 1.66. The predicted molar refractivity (Wildman–Crippen MR) is 127 cm³/mol. The molecule has 0 saturated carbocycles. The summed E-state index contributed by atoms with van der Waals surface area (Å²) in [4.78, 5) is 0. The summed E-state index contributed by atoms with van der Waals surface area (Å²) in [5.41, 5.74) is 17.9. The van der Waals surface area contributed by atoms with Gasteiger partial charge < -0.3 is 0 Å². The summed E-state index contributed by atoms with van der Waals surface area (Å²) >= 11 is 0. The first kappa shape index (κ1) is 18.6. The average molecular weight is 403 g/mol. The lowest BCUT2D eigenvalue weighted by Gasteiger charge is -2.31. The van der Waals surface area contributed by atoms with Crippen LogP contribution in [0.5, 0.6) is 0 Å². The number of fused-ring (bicyclic) bond motifs is 5. The third-order valence-corrected chi connectivity index (χ3v) is 7.49. The summed E-state index contributed by atoms with van der Waals surface area (Å²) < 4.78 is 2.30. The molecule has 0 N–H and O–H groups in total. The Kier molecular flexibility index (Phi) is 4.14. The van der Waals surface area contributed by atoms with Crippen LogP contribution in [0.3, 0.4) is 0 Å². The van der Waals surface area contributed by atoms with Crippen molar-refractivity contribution in [3.05, 3.63) is 122 Å². The van der Waals surface area contributed by atoms with Gasteiger partial charge in [0.05, 0.1) is 5.56 Å². The maximum absolute atomic E-state index is 2.37. The van der Waals surface area contributed by atoms with Crippen LogP contribution in [0.15, 0.2) is 66.9 Å². The Morgan fingerprint density at radius 3 is 1.68 bits per heavy atom. The molecule has 1 aromatic heterocycles. The molecule has 1 nitrogen and oxygen atoms in total. The van der Waals surface area contributed by atoms with Gasteiger partial charge in [-0.1, -0.05) is 48.5 Å². The van der Waals surface area contributed by atoms with E-state index in [1.807, 2.05) is 0 Å². The lowest BCUT2D eigenvalue weighted by Crippen LogP contribution is -2.32. The van der Waals surface area contributed by atoms with Gasteiger partial charge in [0.15, 0.2) is 6.20 Å². The first-order valence-corrected chi connectivity index (χ1v) is 11.4. The fourth-order valence-corrected chi connectivity index (χ4v) is 5.82. The lowest BCUT2D eigenvalue weighted by atomic mass is 9.72. The van der Waals surface area contributed by atoms with Crippen LogP contribution >= 0.6 is 0 Å². The molecule has 2 aliphatic rings. The molecule has 2 aliphatic carbocycles. The molecule has 0 saturated heterocycles. The highest BCUT2D eigenvalue weighted by molar-refractivity contribution is 5.75. The fraction of sp³-hybridized carbons (Fsp3) is 0.233. The molecular formula is C30H28N+. The Bertz CT molecular complexity index is 1360. The standard InChI is InChI=1S/C30H28N/c1-19-12-13-31(3)29(14-19)30-20(2)25-15-21-8-4-5-9-22(21)16-26(25)27-17-23-10-6-7-11-24(23)18-28(27)30/h4-14H,15-18H2,1-3H3/q+1. The van der Waals surface area contributed by atoms with Gasteiger partial charge in [-0.15, -0.1) is 0 Å². The van der Waals surface area contributed by atoms with E-state index < -0.39 is 0 Å². The molecule has 3 aromatic carbocycles. The second-order valence-electron chi connectivity index (χ2n) is 9.36. The zero-order valence-corrected chi connectivity index (χ0v) is 18.6. The third-order valence-electron chi connectivity index (χ3n) is 7.49. The lowest BCUT2D eigenvalue weighted by molar-refractivity contribution is -0.660. The minimum absolute atomic E-state index is 1.03. The molecule has 4 aromatic rings. The van der Waals surface area contributed by atoms with Gasteiger partial charge in [0.25, 0.3) is 0 Å². The van der Waals surface area contributed by atoms with Crippen molar-refractivity contribution >= 4 is 0 Å². The van der Waals surface area contributed by atoms with E-state index in [0.717, 1.165) is 25.7 Å². The van der Waals surface area contributed by atoms with Gasteiger partial charge in [0.2, 0.25) is 5.69 Å². The highest BCUT2D eigenvalue weighted by atomic mass is 14.9. The number of hydrogen-bond acceptors (Lipinski definition) is 0. The van der Waals surface area contributed by atoms with E-state index in [2.05, 4.69) is 92.3 Å². The average Bonchev–Trinajstić information content (AvgIpc) is 2.79. The normalized spacial score (nSPS) is 13.8. The quantitative estimate of drug-likeness (QED) is 0.307. The van der Waals surface area contributed by atoms with Crippen molar-refractivity contribution in [2.24, 2.45) is 7.05 Å². The number of pyridine rings is 1. The van der Waals surface area contributed by atoms with Crippen LogP contribution in [-0.2, 0) is 32.7 Å². The van der Waals surface area contributed by atoms with Crippen LogP contribution in [0.1, 0.15) is 55.6 Å². The molecule has 0 spiro atoms. The third kappa shape index (κ3) is 2.87. The van der Waals surface area contributed by atoms with Crippen LogP contribution in [0, 0.1) is 13.8 Å². The zero-order valence-electron chi connectivity index (χ0n) is 18.6. The van der Waals surface area contributed by atoms with E-state index in [9.17, 15) is 0 Å². The Labute approximate surface area is 185 Å². The van der Waals surface area contributed by atoms with Crippen molar-refractivity contribution in [3.8, 4) is 11.3 Å². The maximum Gasteiger partial charge on any atom is 0.213 e. The minimum atomic E-state index is 1.03. The van der Waals surface area contributed by atoms with Crippen molar-refractivity contribution in [2.45, 2.75) is 39.5 Å². The van der Waals surface area contributed by atoms with Crippen molar-refractivity contribution in [1.29, 1.82) is 0 Å². The molecule has 0 unspecified atom stereocenters.